The minimum Gasteiger partial charge on any atom is -0.365 e. The van der Waals surface area contributed by atoms with Crippen LogP contribution in [0.2, 0.25) is 0 Å². The summed E-state index contributed by atoms with van der Waals surface area (Å²) in [4.78, 5) is 13.5. The van der Waals surface area contributed by atoms with Gasteiger partial charge in [-0.3, -0.25) is 4.79 Å². The second-order valence-electron chi connectivity index (χ2n) is 6.00. The fraction of sp³-hybridized carbons (Fsp3) is 0.278. The summed E-state index contributed by atoms with van der Waals surface area (Å²) >= 11 is 0. The molecule has 26 heavy (non-hydrogen) atoms. The summed E-state index contributed by atoms with van der Waals surface area (Å²) in [5.41, 5.74) is 0.988. The molecule has 6 nitrogen and oxygen atoms in total. The van der Waals surface area contributed by atoms with E-state index in [1.165, 1.54) is 18.2 Å². The molecule has 1 aliphatic heterocycles. The highest BCUT2D eigenvalue weighted by Gasteiger charge is 2.27. The quantitative estimate of drug-likeness (QED) is 0.827. The molecular weight excluding hydrogens is 359 g/mol. The Morgan fingerprint density at radius 2 is 1.92 bits per heavy atom. The number of nitrogens with one attached hydrogen (secondary N) is 1. The fourth-order valence-electron chi connectivity index (χ4n) is 2.68. The first-order valence-corrected chi connectivity index (χ1v) is 9.61. The zero-order valence-electron chi connectivity index (χ0n) is 14.0. The molecule has 2 aromatic carbocycles. The van der Waals surface area contributed by atoms with Crippen LogP contribution in [0.5, 0.6) is 0 Å². The van der Waals surface area contributed by atoms with E-state index in [9.17, 15) is 17.6 Å². The van der Waals surface area contributed by atoms with E-state index in [1.807, 2.05) is 30.3 Å². The van der Waals surface area contributed by atoms with Gasteiger partial charge in [-0.25, -0.2) is 17.5 Å². The van der Waals surface area contributed by atoms with Crippen molar-refractivity contribution in [1.29, 1.82) is 0 Å². The van der Waals surface area contributed by atoms with Crippen LogP contribution >= 0.6 is 0 Å². The molecule has 0 radical (unpaired) electrons. The second-order valence-corrected chi connectivity index (χ2v) is 7.77. The molecule has 0 aromatic heterocycles. The maximum atomic E-state index is 13.2. The lowest BCUT2D eigenvalue weighted by Crippen LogP contribution is -2.50. The van der Waals surface area contributed by atoms with Crippen LogP contribution in [-0.4, -0.2) is 45.0 Å². The van der Waals surface area contributed by atoms with Crippen LogP contribution in [0.25, 0.3) is 0 Å². The number of ether oxygens (including phenoxy) is 1. The van der Waals surface area contributed by atoms with Crippen LogP contribution < -0.4 is 4.72 Å². The average Bonchev–Trinajstić information content (AvgIpc) is 2.63. The second kappa shape index (κ2) is 7.94. The molecule has 2 aromatic rings. The molecule has 8 heteroatoms. The van der Waals surface area contributed by atoms with E-state index in [1.54, 1.807) is 4.90 Å². The molecule has 1 amide bonds. The number of benzene rings is 2. The van der Waals surface area contributed by atoms with E-state index < -0.39 is 21.9 Å². The summed E-state index contributed by atoms with van der Waals surface area (Å²) in [6, 6.07) is 14.3. The highest BCUT2D eigenvalue weighted by Crippen LogP contribution is 2.13. The summed E-state index contributed by atoms with van der Waals surface area (Å²) in [7, 11) is -3.85. The molecule has 1 N–H and O–H groups in total. The Morgan fingerprint density at radius 1 is 1.15 bits per heavy atom. The minimum absolute atomic E-state index is 0.00256. The number of sulfonamides is 1. The number of halogens is 1. The zero-order valence-corrected chi connectivity index (χ0v) is 14.8. The molecule has 0 spiro atoms. The molecule has 1 atom stereocenters. The number of carbonyl (C=O) groups excluding carboxylic acids is 1. The van der Waals surface area contributed by atoms with Gasteiger partial charge in [0.25, 0.3) is 0 Å². The van der Waals surface area contributed by atoms with Gasteiger partial charge in [0.05, 0.1) is 11.0 Å². The smallest absolute Gasteiger partial charge is 0.248 e. The maximum absolute atomic E-state index is 13.2. The van der Waals surface area contributed by atoms with Crippen molar-refractivity contribution < 1.29 is 22.3 Å². The Morgan fingerprint density at radius 3 is 2.65 bits per heavy atom. The molecule has 1 heterocycles. The predicted octanol–water partition coefficient (Wildman–Crippen LogP) is 1.53. The third-order valence-corrected chi connectivity index (χ3v) is 5.46. The minimum atomic E-state index is -3.85. The number of hydrogen-bond donors (Lipinski definition) is 1. The predicted molar refractivity (Wildman–Crippen MR) is 93.2 cm³/mol. The molecule has 1 fully saturated rings. The van der Waals surface area contributed by atoms with Gasteiger partial charge in [0.2, 0.25) is 15.9 Å². The lowest BCUT2D eigenvalue weighted by atomic mass is 10.2. The first kappa shape index (κ1) is 18.5. The van der Waals surface area contributed by atoms with Crippen molar-refractivity contribution in [3.05, 3.63) is 66.0 Å². The highest BCUT2D eigenvalue weighted by atomic mass is 32.2. The van der Waals surface area contributed by atoms with Gasteiger partial charge in [-0.15, -0.1) is 0 Å². The van der Waals surface area contributed by atoms with Crippen LogP contribution in [-0.2, 0) is 26.1 Å². The molecule has 3 rings (SSSR count). The third-order valence-electron chi connectivity index (χ3n) is 4.04. The molecular formula is C18H19FN2O4S. The normalized spacial score (nSPS) is 18.1. The lowest BCUT2D eigenvalue weighted by molar-refractivity contribution is -0.149. The Hall–Kier alpha value is -2.29. The average molecular weight is 378 g/mol. The summed E-state index contributed by atoms with van der Waals surface area (Å²) < 4.78 is 45.6. The molecule has 0 saturated carbocycles. The maximum Gasteiger partial charge on any atom is 0.248 e. The first-order valence-electron chi connectivity index (χ1n) is 8.12. The van der Waals surface area contributed by atoms with E-state index >= 15 is 0 Å². The van der Waals surface area contributed by atoms with E-state index in [0.29, 0.717) is 6.54 Å². The summed E-state index contributed by atoms with van der Waals surface area (Å²) in [5, 5.41) is 0. The molecule has 1 unspecified atom stereocenters. The van der Waals surface area contributed by atoms with E-state index in [0.717, 1.165) is 11.6 Å². The van der Waals surface area contributed by atoms with Crippen molar-refractivity contribution in [3.8, 4) is 0 Å². The van der Waals surface area contributed by atoms with Crippen LogP contribution in [0.3, 0.4) is 0 Å². The van der Waals surface area contributed by atoms with Crippen molar-refractivity contribution in [2.45, 2.75) is 17.5 Å². The van der Waals surface area contributed by atoms with Gasteiger partial charge in [-0.05, 0) is 23.8 Å². The topological polar surface area (TPSA) is 75.7 Å². The van der Waals surface area contributed by atoms with Crippen LogP contribution in [0.4, 0.5) is 4.39 Å². The monoisotopic (exact) mass is 378 g/mol. The van der Waals surface area contributed by atoms with Gasteiger partial charge < -0.3 is 9.64 Å². The van der Waals surface area contributed by atoms with Gasteiger partial charge in [-0.2, -0.15) is 0 Å². The molecule has 1 aliphatic rings. The third kappa shape index (κ3) is 4.66. The molecule has 0 aliphatic carbocycles. The van der Waals surface area contributed by atoms with Crippen molar-refractivity contribution in [1.82, 2.24) is 9.62 Å². The Labute approximate surface area is 151 Å². The van der Waals surface area contributed by atoms with E-state index in [-0.39, 0.29) is 30.5 Å². The zero-order chi connectivity index (χ0) is 18.6. The number of hydrogen-bond acceptors (Lipinski definition) is 4. The lowest BCUT2D eigenvalue weighted by Gasteiger charge is -2.32. The Kier molecular flexibility index (Phi) is 5.65. The van der Waals surface area contributed by atoms with Crippen molar-refractivity contribution in [2.75, 3.05) is 19.7 Å². The number of rotatable bonds is 6. The van der Waals surface area contributed by atoms with Crippen LogP contribution in [0.1, 0.15) is 5.56 Å². The van der Waals surface area contributed by atoms with Crippen molar-refractivity contribution in [2.24, 2.45) is 0 Å². The number of morpholine rings is 1. The first-order chi connectivity index (χ1) is 12.4. The Balaban J connectivity index is 1.60. The number of amides is 1. The van der Waals surface area contributed by atoms with Gasteiger partial charge in [0.15, 0.2) is 0 Å². The van der Waals surface area contributed by atoms with Gasteiger partial charge >= 0.3 is 0 Å². The molecule has 1 saturated heterocycles. The number of carbonyl (C=O) groups is 1. The van der Waals surface area contributed by atoms with Crippen molar-refractivity contribution in [3.63, 3.8) is 0 Å². The largest absolute Gasteiger partial charge is 0.365 e. The van der Waals surface area contributed by atoms with Gasteiger partial charge in [0.1, 0.15) is 12.4 Å². The summed E-state index contributed by atoms with van der Waals surface area (Å²) in [5.74, 6) is -0.764. The SMILES string of the molecule is O=C1COC(CNS(=O)(=O)c2cccc(F)c2)CN1Cc1ccccc1. The fourth-order valence-corrected chi connectivity index (χ4v) is 3.78. The van der Waals surface area contributed by atoms with Crippen LogP contribution in [0.15, 0.2) is 59.5 Å². The van der Waals surface area contributed by atoms with Crippen LogP contribution in [0, 0.1) is 5.82 Å². The number of nitrogens with zero attached hydrogens (tertiary/aromatic N) is 1. The summed E-state index contributed by atoms with van der Waals surface area (Å²) in [6.45, 7) is 0.617. The Bertz CT molecular complexity index is 874. The molecule has 138 valence electrons. The van der Waals surface area contributed by atoms with E-state index in [4.69, 9.17) is 4.74 Å². The van der Waals surface area contributed by atoms with Crippen molar-refractivity contribution >= 4 is 15.9 Å². The summed E-state index contributed by atoms with van der Waals surface area (Å²) in [6.07, 6.45) is -0.472. The highest BCUT2D eigenvalue weighted by molar-refractivity contribution is 7.89. The standard InChI is InChI=1S/C18H19FN2O4S/c19-15-7-4-8-17(9-15)26(23,24)20-10-16-12-21(18(22)13-25-16)11-14-5-2-1-3-6-14/h1-9,16,20H,10-13H2. The molecule has 0 bridgehead atoms. The van der Waals surface area contributed by atoms with Gasteiger partial charge in [-0.1, -0.05) is 36.4 Å². The van der Waals surface area contributed by atoms with E-state index in [2.05, 4.69) is 4.72 Å². The van der Waals surface area contributed by atoms with Gasteiger partial charge in [0, 0.05) is 19.6 Å².